The zero-order chi connectivity index (χ0) is 13.8. The fourth-order valence-electron chi connectivity index (χ4n) is 1.77. The van der Waals surface area contributed by atoms with Crippen molar-refractivity contribution < 1.29 is 19.4 Å². The van der Waals surface area contributed by atoms with Crippen LogP contribution in [0.1, 0.15) is 48.6 Å². The first-order chi connectivity index (χ1) is 8.41. The fourth-order valence-corrected chi connectivity index (χ4v) is 1.77. The van der Waals surface area contributed by atoms with Crippen LogP contribution in [-0.2, 0) is 6.54 Å². The van der Waals surface area contributed by atoms with Gasteiger partial charge in [-0.1, -0.05) is 13.8 Å². The molecule has 0 saturated carbocycles. The van der Waals surface area contributed by atoms with Gasteiger partial charge in [0.25, 0.3) is 0 Å². The zero-order valence-corrected chi connectivity index (χ0v) is 11.1. The lowest BCUT2D eigenvalue weighted by molar-refractivity contribution is 0.0318. The predicted molar refractivity (Wildman–Crippen MR) is 67.6 cm³/mol. The number of rotatable bonds is 7. The molecule has 0 amide bonds. The molecule has 1 aromatic heterocycles. The van der Waals surface area contributed by atoms with E-state index in [0.29, 0.717) is 37.3 Å². The van der Waals surface area contributed by atoms with Gasteiger partial charge in [0, 0.05) is 12.1 Å². The van der Waals surface area contributed by atoms with Crippen molar-refractivity contribution in [2.75, 3.05) is 6.54 Å². The van der Waals surface area contributed by atoms with E-state index in [1.54, 1.807) is 13.0 Å². The zero-order valence-electron chi connectivity index (χ0n) is 11.1. The first kappa shape index (κ1) is 14.7. The summed E-state index contributed by atoms with van der Waals surface area (Å²) in [6.45, 7) is 6.44. The second kappa shape index (κ2) is 6.02. The first-order valence-electron chi connectivity index (χ1n) is 6.17. The van der Waals surface area contributed by atoms with Crippen molar-refractivity contribution in [3.05, 3.63) is 23.2 Å². The van der Waals surface area contributed by atoms with E-state index >= 15 is 0 Å². The molecule has 0 spiro atoms. The molecule has 3 N–H and O–H groups in total. The maximum absolute atomic E-state index is 10.8. The van der Waals surface area contributed by atoms with Crippen LogP contribution in [0.25, 0.3) is 0 Å². The number of aromatic carboxylic acids is 1. The van der Waals surface area contributed by atoms with Crippen LogP contribution >= 0.6 is 0 Å². The largest absolute Gasteiger partial charge is 0.475 e. The Morgan fingerprint density at radius 1 is 1.44 bits per heavy atom. The number of hydrogen-bond acceptors (Lipinski definition) is 4. The standard InChI is InChI=1S/C13H21NO4/c1-4-13(17,5-2)8-14-7-10-6-9(3)11(18-10)12(15)16/h6,14,17H,4-5,7-8H2,1-3H3,(H,15,16). The Kier molecular flexibility index (Phi) is 4.93. The van der Waals surface area contributed by atoms with E-state index in [9.17, 15) is 9.90 Å². The number of furan rings is 1. The van der Waals surface area contributed by atoms with Crippen molar-refractivity contribution >= 4 is 5.97 Å². The highest BCUT2D eigenvalue weighted by Gasteiger charge is 2.21. The van der Waals surface area contributed by atoms with Crippen molar-refractivity contribution in [3.63, 3.8) is 0 Å². The number of carboxylic acid groups (broad SMARTS) is 1. The van der Waals surface area contributed by atoms with Crippen molar-refractivity contribution in [1.82, 2.24) is 5.32 Å². The number of hydrogen-bond donors (Lipinski definition) is 3. The number of aryl methyl sites for hydroxylation is 1. The molecule has 0 aliphatic rings. The van der Waals surface area contributed by atoms with Gasteiger partial charge in [0.1, 0.15) is 5.76 Å². The molecule has 0 bridgehead atoms. The van der Waals surface area contributed by atoms with Crippen LogP contribution in [0.15, 0.2) is 10.5 Å². The van der Waals surface area contributed by atoms with Crippen LogP contribution in [0.5, 0.6) is 0 Å². The fraction of sp³-hybridized carbons (Fsp3) is 0.615. The third-order valence-corrected chi connectivity index (χ3v) is 3.23. The molecule has 0 saturated heterocycles. The Hall–Kier alpha value is -1.33. The lowest BCUT2D eigenvalue weighted by atomic mass is 9.98. The molecule has 1 heterocycles. The van der Waals surface area contributed by atoms with Crippen LogP contribution < -0.4 is 5.32 Å². The third kappa shape index (κ3) is 3.58. The molecule has 0 aliphatic carbocycles. The molecule has 0 fully saturated rings. The van der Waals surface area contributed by atoms with Gasteiger partial charge >= 0.3 is 5.97 Å². The molecule has 0 aliphatic heterocycles. The average molecular weight is 255 g/mol. The summed E-state index contributed by atoms with van der Waals surface area (Å²) in [4.78, 5) is 10.8. The number of carboxylic acids is 1. The van der Waals surface area contributed by atoms with Crippen LogP contribution in [0.4, 0.5) is 0 Å². The lowest BCUT2D eigenvalue weighted by Gasteiger charge is -2.25. The molecule has 0 radical (unpaired) electrons. The minimum atomic E-state index is -1.06. The third-order valence-electron chi connectivity index (χ3n) is 3.23. The molecular formula is C13H21NO4. The SMILES string of the molecule is CCC(O)(CC)CNCc1cc(C)c(C(=O)O)o1. The summed E-state index contributed by atoms with van der Waals surface area (Å²) in [5.74, 6) is -0.509. The van der Waals surface area contributed by atoms with Gasteiger partial charge in [-0.2, -0.15) is 0 Å². The highest BCUT2D eigenvalue weighted by molar-refractivity contribution is 5.86. The molecule has 5 nitrogen and oxygen atoms in total. The van der Waals surface area contributed by atoms with Crippen molar-refractivity contribution in [3.8, 4) is 0 Å². The molecule has 0 atom stereocenters. The van der Waals surface area contributed by atoms with Gasteiger partial charge in [-0.05, 0) is 25.8 Å². The quantitative estimate of drug-likeness (QED) is 0.693. The molecule has 1 aromatic rings. The van der Waals surface area contributed by atoms with Gasteiger partial charge < -0.3 is 19.9 Å². The predicted octanol–water partition coefficient (Wildman–Crippen LogP) is 1.93. The Balaban J connectivity index is 2.54. The molecule has 102 valence electrons. The summed E-state index contributed by atoms with van der Waals surface area (Å²) < 4.78 is 5.21. The van der Waals surface area contributed by atoms with E-state index in [1.807, 2.05) is 13.8 Å². The number of carbonyl (C=O) groups is 1. The van der Waals surface area contributed by atoms with Crippen LogP contribution in [0.3, 0.4) is 0 Å². The highest BCUT2D eigenvalue weighted by Crippen LogP contribution is 2.16. The van der Waals surface area contributed by atoms with E-state index in [-0.39, 0.29) is 5.76 Å². The Morgan fingerprint density at radius 2 is 2.06 bits per heavy atom. The van der Waals surface area contributed by atoms with Crippen LogP contribution in [-0.4, -0.2) is 28.3 Å². The Morgan fingerprint density at radius 3 is 2.50 bits per heavy atom. The minimum absolute atomic E-state index is 0.0203. The van der Waals surface area contributed by atoms with Gasteiger partial charge in [-0.25, -0.2) is 4.79 Å². The topological polar surface area (TPSA) is 82.7 Å². The number of aliphatic hydroxyl groups is 1. The van der Waals surface area contributed by atoms with Gasteiger partial charge in [-0.15, -0.1) is 0 Å². The first-order valence-corrected chi connectivity index (χ1v) is 6.17. The Labute approximate surface area is 107 Å². The molecule has 0 aromatic carbocycles. The van der Waals surface area contributed by atoms with Crippen LogP contribution in [0, 0.1) is 6.92 Å². The van der Waals surface area contributed by atoms with Gasteiger partial charge in [-0.3, -0.25) is 0 Å². The highest BCUT2D eigenvalue weighted by atomic mass is 16.4. The van der Waals surface area contributed by atoms with E-state index in [0.717, 1.165) is 0 Å². The molecule has 1 rings (SSSR count). The summed E-state index contributed by atoms with van der Waals surface area (Å²) in [5, 5.41) is 22.0. The van der Waals surface area contributed by atoms with E-state index in [2.05, 4.69) is 5.32 Å². The summed E-state index contributed by atoms with van der Waals surface area (Å²) in [7, 11) is 0. The normalized spacial score (nSPS) is 11.8. The maximum atomic E-state index is 10.8. The molecule has 5 heteroatoms. The van der Waals surface area contributed by atoms with E-state index in [4.69, 9.17) is 9.52 Å². The van der Waals surface area contributed by atoms with E-state index < -0.39 is 11.6 Å². The monoisotopic (exact) mass is 255 g/mol. The summed E-state index contributed by atoms with van der Waals surface area (Å²) in [6.07, 6.45) is 1.35. The van der Waals surface area contributed by atoms with Crippen molar-refractivity contribution in [2.24, 2.45) is 0 Å². The smallest absolute Gasteiger partial charge is 0.372 e. The van der Waals surface area contributed by atoms with Crippen molar-refractivity contribution in [2.45, 2.75) is 45.8 Å². The second-order valence-corrected chi connectivity index (χ2v) is 4.57. The molecule has 0 unspecified atom stereocenters. The molecular weight excluding hydrogens is 234 g/mol. The van der Waals surface area contributed by atoms with Gasteiger partial charge in [0.05, 0.1) is 12.1 Å². The lowest BCUT2D eigenvalue weighted by Crippen LogP contribution is -2.39. The van der Waals surface area contributed by atoms with Crippen LogP contribution in [0.2, 0.25) is 0 Å². The number of nitrogens with one attached hydrogen (secondary N) is 1. The Bertz CT molecular complexity index is 407. The minimum Gasteiger partial charge on any atom is -0.475 e. The maximum Gasteiger partial charge on any atom is 0.372 e. The summed E-state index contributed by atoms with van der Waals surface area (Å²) in [5.41, 5.74) is -0.0994. The summed E-state index contributed by atoms with van der Waals surface area (Å²) in [6, 6.07) is 1.70. The van der Waals surface area contributed by atoms with Crippen molar-refractivity contribution in [1.29, 1.82) is 0 Å². The summed E-state index contributed by atoms with van der Waals surface area (Å²) >= 11 is 0. The van der Waals surface area contributed by atoms with Gasteiger partial charge in [0.15, 0.2) is 0 Å². The average Bonchev–Trinajstić information content (AvgIpc) is 2.70. The van der Waals surface area contributed by atoms with Gasteiger partial charge in [0.2, 0.25) is 5.76 Å². The second-order valence-electron chi connectivity index (χ2n) is 4.57. The van der Waals surface area contributed by atoms with E-state index in [1.165, 1.54) is 0 Å². The molecule has 18 heavy (non-hydrogen) atoms.